The zero-order chi connectivity index (χ0) is 4.12. The van der Waals surface area contributed by atoms with E-state index >= 15 is 0 Å². The van der Waals surface area contributed by atoms with Gasteiger partial charge in [0.15, 0.2) is 0 Å². The van der Waals surface area contributed by atoms with Gasteiger partial charge in [0.1, 0.15) is 0 Å². The predicted molar refractivity (Wildman–Crippen MR) is 29.1 cm³/mol. The van der Waals surface area contributed by atoms with E-state index in [2.05, 4.69) is 25.3 Å². The minimum atomic E-state index is 0. The summed E-state index contributed by atoms with van der Waals surface area (Å²) in [5, 5.41) is 0. The molecule has 0 aliphatic carbocycles. The van der Waals surface area contributed by atoms with Crippen molar-refractivity contribution in [2.75, 3.05) is 11.5 Å². The van der Waals surface area contributed by atoms with Gasteiger partial charge in [-0.3, -0.25) is 0 Å². The molecule has 0 aromatic rings. The van der Waals surface area contributed by atoms with Gasteiger partial charge < -0.3 is 25.3 Å². The molecule has 4 heteroatoms. The Kier molecular flexibility index (Phi) is 35.7. The SMILES string of the molecule is [Li+].[Li+].[S-]CCC[S-]. The summed E-state index contributed by atoms with van der Waals surface area (Å²) in [5.74, 6) is 1.65. The molecule has 0 aliphatic heterocycles. The van der Waals surface area contributed by atoms with Crippen molar-refractivity contribution in [3.8, 4) is 0 Å². The van der Waals surface area contributed by atoms with Crippen LogP contribution in [0.5, 0.6) is 0 Å². The summed E-state index contributed by atoms with van der Waals surface area (Å²) in [6, 6.07) is 0. The molecule has 0 nitrogen and oxygen atoms in total. The monoisotopic (exact) mass is 120 g/mol. The summed E-state index contributed by atoms with van der Waals surface area (Å²) in [5.41, 5.74) is 0. The fourth-order valence-corrected chi connectivity index (χ4v) is 0.530. The van der Waals surface area contributed by atoms with E-state index in [0.29, 0.717) is 0 Å². The van der Waals surface area contributed by atoms with Crippen molar-refractivity contribution in [3.63, 3.8) is 0 Å². The van der Waals surface area contributed by atoms with Crippen LogP contribution in [0.25, 0.3) is 0 Å². The molecular formula is C3H6Li2S2. The molecule has 7 heavy (non-hydrogen) atoms. The van der Waals surface area contributed by atoms with Crippen LogP contribution in [-0.4, -0.2) is 11.5 Å². The van der Waals surface area contributed by atoms with Gasteiger partial charge in [-0.25, -0.2) is 0 Å². The van der Waals surface area contributed by atoms with E-state index in [-0.39, 0.29) is 37.7 Å². The summed E-state index contributed by atoms with van der Waals surface area (Å²) < 4.78 is 0. The van der Waals surface area contributed by atoms with Crippen LogP contribution in [0.3, 0.4) is 0 Å². The summed E-state index contributed by atoms with van der Waals surface area (Å²) in [6.45, 7) is 0. The second kappa shape index (κ2) is 15.7. The van der Waals surface area contributed by atoms with E-state index < -0.39 is 0 Å². The van der Waals surface area contributed by atoms with Crippen LogP contribution in [0.2, 0.25) is 0 Å². The molecule has 0 rings (SSSR count). The van der Waals surface area contributed by atoms with Gasteiger partial charge in [0, 0.05) is 0 Å². The molecular weight excluding hydrogens is 114 g/mol. The maximum Gasteiger partial charge on any atom is 1.00 e. The molecule has 0 radical (unpaired) electrons. The molecule has 32 valence electrons. The average molecular weight is 120 g/mol. The number of rotatable bonds is 2. The van der Waals surface area contributed by atoms with Crippen molar-refractivity contribution in [2.45, 2.75) is 6.42 Å². The first-order chi connectivity index (χ1) is 2.41. The normalized spacial score (nSPS) is 6.00. The second-order valence-corrected chi connectivity index (χ2v) is 1.58. The average Bonchev–Trinajstić information content (AvgIpc) is 1.41. The molecule has 0 spiro atoms. The first-order valence-electron chi connectivity index (χ1n) is 1.58. The molecule has 0 saturated heterocycles. The summed E-state index contributed by atoms with van der Waals surface area (Å²) in [4.78, 5) is 0. The Labute approximate surface area is 80.4 Å². The smallest absolute Gasteiger partial charge is 0.793 e. The van der Waals surface area contributed by atoms with Gasteiger partial charge in [0.25, 0.3) is 0 Å². The molecule has 0 N–H and O–H groups in total. The van der Waals surface area contributed by atoms with E-state index in [1.54, 1.807) is 0 Å². The van der Waals surface area contributed by atoms with Crippen molar-refractivity contribution < 1.29 is 37.7 Å². The first kappa shape index (κ1) is 16.0. The number of hydrogen-bond donors (Lipinski definition) is 0. The Morgan fingerprint density at radius 3 is 1.14 bits per heavy atom. The molecule has 0 bridgehead atoms. The van der Waals surface area contributed by atoms with Crippen molar-refractivity contribution in [1.29, 1.82) is 0 Å². The summed E-state index contributed by atoms with van der Waals surface area (Å²) in [6.07, 6.45) is 1.02. The zero-order valence-electron chi connectivity index (χ0n) is 4.94. The van der Waals surface area contributed by atoms with Crippen molar-refractivity contribution in [2.24, 2.45) is 0 Å². The molecule has 0 aromatic carbocycles. The van der Waals surface area contributed by atoms with Crippen LogP contribution in [0, 0.1) is 0 Å². The molecule has 0 aromatic heterocycles. The molecule has 0 fully saturated rings. The predicted octanol–water partition coefficient (Wildman–Crippen LogP) is -5.52. The van der Waals surface area contributed by atoms with Crippen LogP contribution in [0.15, 0.2) is 0 Å². The fourth-order valence-electron chi connectivity index (χ4n) is 0.0589. The van der Waals surface area contributed by atoms with E-state index in [0.717, 1.165) is 17.9 Å². The fraction of sp³-hybridized carbons (Fsp3) is 1.00. The zero-order valence-corrected chi connectivity index (χ0v) is 6.57. The molecule has 0 atom stereocenters. The van der Waals surface area contributed by atoms with Gasteiger partial charge in [-0.15, -0.1) is 0 Å². The van der Waals surface area contributed by atoms with Crippen LogP contribution in [-0.2, 0) is 25.3 Å². The Hall–Kier alpha value is 1.89. The Balaban J connectivity index is -0.0000000800. The third kappa shape index (κ3) is 18.1. The van der Waals surface area contributed by atoms with Crippen LogP contribution in [0.1, 0.15) is 6.42 Å². The van der Waals surface area contributed by atoms with Gasteiger partial charge in [-0.2, -0.15) is 11.5 Å². The second-order valence-electron chi connectivity index (χ2n) is 0.762. The molecule has 0 aliphatic rings. The van der Waals surface area contributed by atoms with Crippen LogP contribution >= 0.6 is 0 Å². The molecule has 0 unspecified atom stereocenters. The quantitative estimate of drug-likeness (QED) is 0.263. The van der Waals surface area contributed by atoms with E-state index in [9.17, 15) is 0 Å². The Morgan fingerprint density at radius 1 is 0.857 bits per heavy atom. The van der Waals surface area contributed by atoms with Gasteiger partial charge >= 0.3 is 37.7 Å². The molecule has 0 heterocycles. The molecule has 0 saturated carbocycles. The Bertz CT molecular complexity index is 18.4. The van der Waals surface area contributed by atoms with Crippen LogP contribution in [0.4, 0.5) is 0 Å². The molecule has 0 amide bonds. The largest absolute Gasteiger partial charge is 1.00 e. The topological polar surface area (TPSA) is 0 Å². The van der Waals surface area contributed by atoms with Crippen molar-refractivity contribution in [3.05, 3.63) is 0 Å². The minimum absolute atomic E-state index is 0. The van der Waals surface area contributed by atoms with Crippen molar-refractivity contribution in [1.82, 2.24) is 0 Å². The van der Waals surface area contributed by atoms with Gasteiger partial charge in [-0.05, 0) is 0 Å². The van der Waals surface area contributed by atoms with Crippen LogP contribution < -0.4 is 37.7 Å². The number of hydrogen-bond acceptors (Lipinski definition) is 2. The maximum atomic E-state index is 4.58. The van der Waals surface area contributed by atoms with Crippen molar-refractivity contribution >= 4 is 25.3 Å². The minimum Gasteiger partial charge on any atom is -0.793 e. The first-order valence-corrected chi connectivity index (χ1v) is 2.73. The van der Waals surface area contributed by atoms with Gasteiger partial charge in [0.2, 0.25) is 0 Å². The van der Waals surface area contributed by atoms with E-state index in [1.165, 1.54) is 0 Å². The summed E-state index contributed by atoms with van der Waals surface area (Å²) >= 11 is 9.17. The van der Waals surface area contributed by atoms with Gasteiger partial charge in [0.05, 0.1) is 0 Å². The van der Waals surface area contributed by atoms with Gasteiger partial charge in [-0.1, -0.05) is 6.42 Å². The Morgan fingerprint density at radius 2 is 1.14 bits per heavy atom. The third-order valence-electron chi connectivity index (χ3n) is 0.289. The van der Waals surface area contributed by atoms with E-state index in [4.69, 9.17) is 0 Å². The standard InChI is InChI=1S/C3H8S2.2Li/c4-2-1-3-5;;/h4-5H,1-3H2;;/q;2*+1/p-2. The van der Waals surface area contributed by atoms with E-state index in [1.807, 2.05) is 0 Å². The third-order valence-corrected chi connectivity index (χ3v) is 0.866. The maximum absolute atomic E-state index is 4.58. The summed E-state index contributed by atoms with van der Waals surface area (Å²) in [7, 11) is 0.